The summed E-state index contributed by atoms with van der Waals surface area (Å²) in [7, 11) is -3.31. The minimum atomic E-state index is -3.31. The highest BCUT2D eigenvalue weighted by Crippen LogP contribution is 2.14. The highest BCUT2D eigenvalue weighted by molar-refractivity contribution is 7.94. The average molecular weight is 250 g/mol. The van der Waals surface area contributed by atoms with Crippen LogP contribution in [0, 0.1) is 0 Å². The molecule has 0 spiro atoms. The van der Waals surface area contributed by atoms with Gasteiger partial charge in [0.1, 0.15) is 0 Å². The third-order valence-corrected chi connectivity index (χ3v) is 4.18. The number of benzene rings is 1. The molecule has 0 saturated heterocycles. The van der Waals surface area contributed by atoms with Crippen LogP contribution in [0.5, 0.6) is 0 Å². The molecule has 82 valence electrons. The molecule has 1 aromatic heterocycles. The van der Waals surface area contributed by atoms with Crippen LogP contribution >= 0.6 is 11.3 Å². The lowest BCUT2D eigenvalue weighted by molar-refractivity contribution is 0.605. The average Bonchev–Trinajstić information content (AvgIpc) is 2.81. The van der Waals surface area contributed by atoms with Gasteiger partial charge in [-0.25, -0.2) is 8.42 Å². The Morgan fingerprint density at radius 1 is 1.06 bits per heavy atom. The van der Waals surface area contributed by atoms with E-state index in [2.05, 4.69) is 0 Å². The van der Waals surface area contributed by atoms with Crippen molar-refractivity contribution >= 4 is 27.3 Å². The Hall–Kier alpha value is -1.39. The van der Waals surface area contributed by atoms with Crippen LogP contribution < -0.4 is 0 Å². The van der Waals surface area contributed by atoms with Crippen molar-refractivity contribution in [1.29, 1.82) is 0 Å². The third-order valence-electron chi connectivity index (χ3n) is 2.05. The van der Waals surface area contributed by atoms with E-state index in [0.29, 0.717) is 4.90 Å². The molecular formula is C12H10O2S2. The quantitative estimate of drug-likeness (QED) is 0.838. The number of hydrogen-bond acceptors (Lipinski definition) is 3. The van der Waals surface area contributed by atoms with Crippen LogP contribution in [0.25, 0.3) is 6.08 Å². The van der Waals surface area contributed by atoms with Crippen molar-refractivity contribution < 1.29 is 8.42 Å². The zero-order valence-electron chi connectivity index (χ0n) is 8.41. The summed E-state index contributed by atoms with van der Waals surface area (Å²) < 4.78 is 23.7. The summed E-state index contributed by atoms with van der Waals surface area (Å²) in [5.74, 6) is 0. The molecule has 0 atom stereocenters. The van der Waals surface area contributed by atoms with E-state index in [-0.39, 0.29) is 0 Å². The lowest BCUT2D eigenvalue weighted by Crippen LogP contribution is -1.94. The van der Waals surface area contributed by atoms with Crippen LogP contribution in [0.1, 0.15) is 5.56 Å². The molecular weight excluding hydrogens is 240 g/mol. The maximum absolute atomic E-state index is 11.8. The predicted molar refractivity (Wildman–Crippen MR) is 67.0 cm³/mol. The first-order chi connectivity index (χ1) is 7.68. The van der Waals surface area contributed by atoms with Gasteiger partial charge in [0.25, 0.3) is 0 Å². The van der Waals surface area contributed by atoms with Gasteiger partial charge in [-0.1, -0.05) is 18.2 Å². The summed E-state index contributed by atoms with van der Waals surface area (Å²) in [5.41, 5.74) is 0.907. The second kappa shape index (κ2) is 4.63. The maximum atomic E-state index is 11.8. The minimum Gasteiger partial charge on any atom is -0.219 e. The Morgan fingerprint density at radius 3 is 2.44 bits per heavy atom. The lowest BCUT2D eigenvalue weighted by Gasteiger charge is -1.96. The lowest BCUT2D eigenvalue weighted by atomic mass is 10.3. The van der Waals surface area contributed by atoms with E-state index in [1.807, 2.05) is 16.8 Å². The van der Waals surface area contributed by atoms with Crippen LogP contribution in [0.3, 0.4) is 0 Å². The van der Waals surface area contributed by atoms with Gasteiger partial charge in [0.15, 0.2) is 9.84 Å². The van der Waals surface area contributed by atoms with Crippen molar-refractivity contribution in [2.75, 3.05) is 0 Å². The second-order valence-corrected chi connectivity index (χ2v) is 5.83. The summed E-state index contributed by atoms with van der Waals surface area (Å²) in [6.07, 6.45) is 1.61. The fourth-order valence-corrected chi connectivity index (χ4v) is 2.89. The largest absolute Gasteiger partial charge is 0.219 e. The SMILES string of the molecule is O=S(=O)(/C=C\c1ccsc1)c1ccccc1. The second-order valence-electron chi connectivity index (χ2n) is 3.22. The minimum absolute atomic E-state index is 0.321. The van der Waals surface area contributed by atoms with E-state index >= 15 is 0 Å². The summed E-state index contributed by atoms with van der Waals surface area (Å²) in [5, 5.41) is 5.05. The van der Waals surface area contributed by atoms with E-state index in [0.717, 1.165) is 5.56 Å². The molecule has 0 aliphatic heterocycles. The van der Waals surface area contributed by atoms with Gasteiger partial charge in [0.2, 0.25) is 0 Å². The zero-order chi connectivity index (χ0) is 11.4. The van der Waals surface area contributed by atoms with Gasteiger partial charge in [-0.15, -0.1) is 0 Å². The highest BCUT2D eigenvalue weighted by Gasteiger charge is 2.08. The summed E-state index contributed by atoms with van der Waals surface area (Å²) in [4.78, 5) is 0.321. The van der Waals surface area contributed by atoms with E-state index in [9.17, 15) is 8.42 Å². The Kier molecular flexibility index (Phi) is 3.22. The highest BCUT2D eigenvalue weighted by atomic mass is 32.2. The van der Waals surface area contributed by atoms with Crippen LogP contribution in [0.4, 0.5) is 0 Å². The molecule has 2 aromatic rings. The molecule has 4 heteroatoms. The monoisotopic (exact) mass is 250 g/mol. The van der Waals surface area contributed by atoms with E-state index < -0.39 is 9.84 Å². The van der Waals surface area contributed by atoms with Gasteiger partial charge in [-0.3, -0.25) is 0 Å². The smallest absolute Gasteiger partial charge is 0.199 e. The van der Waals surface area contributed by atoms with Crippen molar-refractivity contribution in [3.05, 3.63) is 58.1 Å². The molecule has 2 rings (SSSR count). The van der Waals surface area contributed by atoms with Crippen LogP contribution in [0.15, 0.2) is 57.5 Å². The number of thiophene rings is 1. The third kappa shape index (κ3) is 2.59. The fraction of sp³-hybridized carbons (Fsp3) is 0. The van der Waals surface area contributed by atoms with E-state index in [1.54, 1.807) is 36.4 Å². The summed E-state index contributed by atoms with van der Waals surface area (Å²) >= 11 is 1.54. The van der Waals surface area contributed by atoms with Gasteiger partial charge >= 0.3 is 0 Å². The van der Waals surface area contributed by atoms with Crippen LogP contribution in [0.2, 0.25) is 0 Å². The first kappa shape index (κ1) is 11.1. The van der Waals surface area contributed by atoms with E-state index in [1.165, 1.54) is 16.7 Å². The van der Waals surface area contributed by atoms with Crippen molar-refractivity contribution in [1.82, 2.24) is 0 Å². The van der Waals surface area contributed by atoms with Crippen molar-refractivity contribution in [3.63, 3.8) is 0 Å². The molecule has 0 fully saturated rings. The number of sulfone groups is 1. The Bertz CT molecular complexity index is 567. The van der Waals surface area contributed by atoms with Crippen molar-refractivity contribution in [2.45, 2.75) is 4.90 Å². The number of hydrogen-bond donors (Lipinski definition) is 0. The van der Waals surface area contributed by atoms with Gasteiger partial charge in [-0.2, -0.15) is 11.3 Å². The molecule has 0 aliphatic rings. The van der Waals surface area contributed by atoms with Gasteiger partial charge in [0, 0.05) is 5.41 Å². The number of rotatable bonds is 3. The van der Waals surface area contributed by atoms with Gasteiger partial charge in [0.05, 0.1) is 4.90 Å². The Labute approximate surface area is 98.8 Å². The van der Waals surface area contributed by atoms with Gasteiger partial charge < -0.3 is 0 Å². The molecule has 1 heterocycles. The predicted octanol–water partition coefficient (Wildman–Crippen LogP) is 3.19. The summed E-state index contributed by atoms with van der Waals surface area (Å²) in [6, 6.07) is 10.3. The molecule has 0 bridgehead atoms. The van der Waals surface area contributed by atoms with Gasteiger partial charge in [-0.05, 0) is 40.6 Å². The maximum Gasteiger partial charge on any atom is 0.199 e. The molecule has 16 heavy (non-hydrogen) atoms. The topological polar surface area (TPSA) is 34.1 Å². The molecule has 0 radical (unpaired) electrons. The Balaban J connectivity index is 2.28. The van der Waals surface area contributed by atoms with Crippen molar-refractivity contribution in [2.24, 2.45) is 0 Å². The molecule has 0 unspecified atom stereocenters. The van der Waals surface area contributed by atoms with E-state index in [4.69, 9.17) is 0 Å². The molecule has 1 aromatic carbocycles. The zero-order valence-corrected chi connectivity index (χ0v) is 10.0. The fourth-order valence-electron chi connectivity index (χ4n) is 1.23. The van der Waals surface area contributed by atoms with Crippen LogP contribution in [-0.2, 0) is 9.84 Å². The molecule has 0 aliphatic carbocycles. The Morgan fingerprint density at radius 2 is 1.81 bits per heavy atom. The first-order valence-corrected chi connectivity index (χ1v) is 7.18. The normalized spacial score (nSPS) is 12.0. The molecule has 0 N–H and O–H groups in total. The molecule has 0 saturated carbocycles. The molecule has 0 amide bonds. The van der Waals surface area contributed by atoms with Crippen LogP contribution in [-0.4, -0.2) is 8.42 Å². The molecule has 2 nitrogen and oxygen atoms in total. The summed E-state index contributed by atoms with van der Waals surface area (Å²) in [6.45, 7) is 0. The standard InChI is InChI=1S/C12H10O2S2/c13-16(14,12-4-2-1-3-5-12)9-7-11-6-8-15-10-11/h1-10H/b9-7-. The first-order valence-electron chi connectivity index (χ1n) is 4.69. The van der Waals surface area contributed by atoms with Crippen molar-refractivity contribution in [3.8, 4) is 0 Å².